The molecule has 0 aromatic carbocycles. The second-order valence-corrected chi connectivity index (χ2v) is 4.09. The molecule has 0 bridgehead atoms. The number of ketones is 1. The first-order valence-corrected chi connectivity index (χ1v) is 4.52. The van der Waals surface area contributed by atoms with E-state index in [0.29, 0.717) is 24.0 Å². The summed E-state index contributed by atoms with van der Waals surface area (Å²) in [5, 5.41) is 0. The van der Waals surface area contributed by atoms with E-state index < -0.39 is 0 Å². The topological polar surface area (TPSA) is 20.3 Å². The van der Waals surface area contributed by atoms with Crippen LogP contribution in [0.4, 0.5) is 0 Å². The predicted octanol–water partition coefficient (Wildman–Crippen LogP) is 1.18. The number of hydrogen-bond acceptors (Lipinski definition) is 3. The third kappa shape index (κ3) is 2.31. The van der Waals surface area contributed by atoms with Crippen molar-refractivity contribution in [1.29, 1.82) is 0 Å². The number of carbonyl (C=O) groups excluding carboxylic acids is 1. The van der Waals surface area contributed by atoms with E-state index in [0.717, 1.165) is 6.54 Å². The number of carbonyl (C=O) groups is 1. The Labute approximate surface area is 66.1 Å². The van der Waals surface area contributed by atoms with Crippen molar-refractivity contribution < 1.29 is 4.79 Å². The van der Waals surface area contributed by atoms with E-state index >= 15 is 0 Å². The summed E-state index contributed by atoms with van der Waals surface area (Å²) in [5.74, 6) is 1.72. The average molecular weight is 159 g/mol. The second kappa shape index (κ2) is 3.39. The normalized spacial score (nSPS) is 20.9. The Hall–Kier alpha value is -0.0200. The summed E-state index contributed by atoms with van der Waals surface area (Å²) < 4.78 is 2.15. The number of nitrogens with zero attached hydrogens (tertiary/aromatic N) is 1. The summed E-state index contributed by atoms with van der Waals surface area (Å²) in [6, 6.07) is 0. The fourth-order valence-corrected chi connectivity index (χ4v) is 2.03. The first kappa shape index (κ1) is 8.08. The zero-order chi connectivity index (χ0) is 7.56. The molecule has 0 aliphatic carbocycles. The van der Waals surface area contributed by atoms with Crippen LogP contribution in [0.5, 0.6) is 0 Å². The van der Waals surface area contributed by atoms with Gasteiger partial charge in [-0.2, -0.15) is 0 Å². The molecule has 1 heterocycles. The number of rotatable bonds is 2. The minimum atomic E-state index is 0.366. The molecule has 0 amide bonds. The fourth-order valence-electron chi connectivity index (χ4n) is 0.976. The molecule has 0 atom stereocenters. The number of hydrogen-bond donors (Lipinski definition) is 0. The van der Waals surface area contributed by atoms with Crippen molar-refractivity contribution >= 4 is 17.7 Å². The molecule has 1 rings (SSSR count). The van der Waals surface area contributed by atoms with Crippen molar-refractivity contribution in [3.8, 4) is 0 Å². The molecule has 0 unspecified atom stereocenters. The largest absolute Gasteiger partial charge is 0.297 e. The summed E-state index contributed by atoms with van der Waals surface area (Å²) in [4.78, 5) is 10.8. The van der Waals surface area contributed by atoms with E-state index in [-0.39, 0.29) is 0 Å². The van der Waals surface area contributed by atoms with Crippen LogP contribution >= 0.6 is 11.9 Å². The number of Topliss-reactive ketones (excluding diaryl/α,β-unsaturated/α-hetero) is 1. The second-order valence-electron chi connectivity index (χ2n) is 3.03. The summed E-state index contributed by atoms with van der Waals surface area (Å²) in [6.07, 6.45) is 0. The third-order valence-electron chi connectivity index (χ3n) is 1.33. The Morgan fingerprint density at radius 3 is 2.80 bits per heavy atom. The molecule has 1 aliphatic heterocycles. The summed E-state index contributed by atoms with van der Waals surface area (Å²) >= 11 is 1.66. The third-order valence-corrected chi connectivity index (χ3v) is 2.42. The van der Waals surface area contributed by atoms with Gasteiger partial charge in [0.2, 0.25) is 0 Å². The van der Waals surface area contributed by atoms with Crippen molar-refractivity contribution in [2.45, 2.75) is 13.8 Å². The van der Waals surface area contributed by atoms with E-state index in [9.17, 15) is 4.79 Å². The zero-order valence-electron chi connectivity index (χ0n) is 6.46. The molecule has 0 aromatic heterocycles. The molecule has 1 fully saturated rings. The van der Waals surface area contributed by atoms with Gasteiger partial charge in [-0.1, -0.05) is 25.8 Å². The summed E-state index contributed by atoms with van der Waals surface area (Å²) in [5.41, 5.74) is 0. The van der Waals surface area contributed by atoms with Gasteiger partial charge < -0.3 is 0 Å². The maximum Gasteiger partial charge on any atom is 0.158 e. The predicted molar refractivity (Wildman–Crippen MR) is 43.9 cm³/mol. The first-order chi connectivity index (χ1) is 4.68. The smallest absolute Gasteiger partial charge is 0.158 e. The van der Waals surface area contributed by atoms with Gasteiger partial charge in [0.1, 0.15) is 0 Å². The molecule has 0 spiro atoms. The van der Waals surface area contributed by atoms with Gasteiger partial charge in [0, 0.05) is 6.54 Å². The molecule has 1 saturated heterocycles. The Kier molecular flexibility index (Phi) is 2.74. The van der Waals surface area contributed by atoms with E-state index in [1.165, 1.54) is 0 Å². The van der Waals surface area contributed by atoms with E-state index in [4.69, 9.17) is 0 Å². The van der Waals surface area contributed by atoms with Gasteiger partial charge in [0.25, 0.3) is 0 Å². The van der Waals surface area contributed by atoms with Crippen LogP contribution in [0.3, 0.4) is 0 Å². The highest BCUT2D eigenvalue weighted by Gasteiger charge is 2.20. The van der Waals surface area contributed by atoms with Gasteiger partial charge in [-0.15, -0.1) is 0 Å². The van der Waals surface area contributed by atoms with Gasteiger partial charge in [-0.05, 0) is 5.92 Å². The molecule has 10 heavy (non-hydrogen) atoms. The van der Waals surface area contributed by atoms with Crippen LogP contribution in [0, 0.1) is 5.92 Å². The fraction of sp³-hybridized carbons (Fsp3) is 0.857. The van der Waals surface area contributed by atoms with E-state index in [2.05, 4.69) is 18.2 Å². The maximum absolute atomic E-state index is 10.8. The van der Waals surface area contributed by atoms with Crippen LogP contribution in [0.25, 0.3) is 0 Å². The molecule has 1 aliphatic rings. The minimum absolute atomic E-state index is 0.366. The first-order valence-electron chi connectivity index (χ1n) is 3.58. The molecular weight excluding hydrogens is 146 g/mol. The van der Waals surface area contributed by atoms with E-state index in [1.807, 2.05) is 0 Å². The van der Waals surface area contributed by atoms with Crippen molar-refractivity contribution in [1.82, 2.24) is 4.31 Å². The van der Waals surface area contributed by atoms with Crippen LogP contribution in [-0.2, 0) is 4.79 Å². The highest BCUT2D eigenvalue weighted by Crippen LogP contribution is 2.18. The van der Waals surface area contributed by atoms with Crippen molar-refractivity contribution in [3.63, 3.8) is 0 Å². The lowest BCUT2D eigenvalue weighted by molar-refractivity contribution is -0.115. The molecular formula is C7H13NOS. The van der Waals surface area contributed by atoms with Gasteiger partial charge in [0.05, 0.1) is 12.3 Å². The van der Waals surface area contributed by atoms with Gasteiger partial charge in [0.15, 0.2) is 5.78 Å². The Bertz CT molecular complexity index is 136. The van der Waals surface area contributed by atoms with Gasteiger partial charge in [-0.25, -0.2) is 4.31 Å². The lowest BCUT2D eigenvalue weighted by Crippen LogP contribution is -2.20. The Morgan fingerprint density at radius 1 is 1.70 bits per heavy atom. The standard InChI is InChI=1S/C7H13NOS/c1-6(2)3-8-4-7(9)5-10-8/h6H,3-5H2,1-2H3. The van der Waals surface area contributed by atoms with Crippen LogP contribution in [0.15, 0.2) is 0 Å². The molecule has 0 saturated carbocycles. The average Bonchev–Trinajstić information content (AvgIpc) is 2.13. The molecule has 0 N–H and O–H groups in total. The Morgan fingerprint density at radius 2 is 2.40 bits per heavy atom. The van der Waals surface area contributed by atoms with Crippen molar-refractivity contribution in [2.75, 3.05) is 18.8 Å². The van der Waals surface area contributed by atoms with E-state index in [1.54, 1.807) is 11.9 Å². The minimum Gasteiger partial charge on any atom is -0.297 e. The highest BCUT2D eigenvalue weighted by atomic mass is 32.2. The van der Waals surface area contributed by atoms with Crippen LogP contribution in [0.1, 0.15) is 13.8 Å². The Balaban J connectivity index is 2.24. The quantitative estimate of drug-likeness (QED) is 0.564. The summed E-state index contributed by atoms with van der Waals surface area (Å²) in [6.45, 7) is 6.03. The lowest BCUT2D eigenvalue weighted by atomic mass is 10.2. The van der Waals surface area contributed by atoms with Crippen LogP contribution < -0.4 is 0 Å². The van der Waals surface area contributed by atoms with Crippen molar-refractivity contribution in [3.05, 3.63) is 0 Å². The maximum atomic E-state index is 10.8. The van der Waals surface area contributed by atoms with Gasteiger partial charge >= 0.3 is 0 Å². The monoisotopic (exact) mass is 159 g/mol. The van der Waals surface area contributed by atoms with Crippen LogP contribution in [-0.4, -0.2) is 28.9 Å². The highest BCUT2D eigenvalue weighted by molar-refractivity contribution is 7.98. The molecule has 0 aromatic rings. The van der Waals surface area contributed by atoms with Crippen LogP contribution in [0.2, 0.25) is 0 Å². The molecule has 3 heteroatoms. The lowest BCUT2D eigenvalue weighted by Gasteiger charge is -2.13. The molecule has 58 valence electrons. The van der Waals surface area contributed by atoms with Crippen molar-refractivity contribution in [2.24, 2.45) is 5.92 Å². The SMILES string of the molecule is CC(C)CN1CC(=O)CS1. The van der Waals surface area contributed by atoms with Gasteiger partial charge in [-0.3, -0.25) is 4.79 Å². The zero-order valence-corrected chi connectivity index (χ0v) is 7.28. The molecule has 0 radical (unpaired) electrons. The molecule has 2 nitrogen and oxygen atoms in total. The summed E-state index contributed by atoms with van der Waals surface area (Å²) in [7, 11) is 0.